The summed E-state index contributed by atoms with van der Waals surface area (Å²) >= 11 is 12.2. The van der Waals surface area contributed by atoms with Crippen LogP contribution in [0.2, 0.25) is 10.0 Å². The Kier molecular flexibility index (Phi) is 5.38. The van der Waals surface area contributed by atoms with Crippen LogP contribution in [-0.2, 0) is 24.1 Å². The van der Waals surface area contributed by atoms with Gasteiger partial charge in [0.2, 0.25) is 11.9 Å². The Labute approximate surface area is 160 Å². The molecule has 0 aliphatic heterocycles. The van der Waals surface area contributed by atoms with Gasteiger partial charge in [-0.25, -0.2) is 9.67 Å². The van der Waals surface area contributed by atoms with E-state index in [0.29, 0.717) is 15.6 Å². The monoisotopic (exact) mass is 418 g/mol. The standard InChI is InChI=1S/C15H11Cl2F3N6O/c16-10-2-1-3-11(17)9(10)6-26-8-21-14(24-26)22-13(27)7-25-5-4-12(23-25)15(18,19)20/h1-5,8H,6-7H2,(H,22,24,27). The molecule has 0 unspecified atom stereocenters. The van der Waals surface area contributed by atoms with E-state index in [1.54, 1.807) is 18.2 Å². The van der Waals surface area contributed by atoms with E-state index in [0.717, 1.165) is 16.9 Å². The molecule has 0 aliphatic rings. The van der Waals surface area contributed by atoms with Gasteiger partial charge in [0.05, 0.1) is 6.54 Å². The Hall–Kier alpha value is -2.59. The summed E-state index contributed by atoms with van der Waals surface area (Å²) in [6, 6.07) is 5.86. The Morgan fingerprint density at radius 3 is 2.44 bits per heavy atom. The molecule has 0 fully saturated rings. The maximum atomic E-state index is 12.5. The minimum absolute atomic E-state index is 0.00798. The zero-order valence-corrected chi connectivity index (χ0v) is 14.9. The zero-order valence-electron chi connectivity index (χ0n) is 13.4. The van der Waals surface area contributed by atoms with Crippen LogP contribution in [-0.4, -0.2) is 30.5 Å². The van der Waals surface area contributed by atoms with Crippen molar-refractivity contribution < 1.29 is 18.0 Å². The van der Waals surface area contributed by atoms with Crippen LogP contribution in [0.3, 0.4) is 0 Å². The van der Waals surface area contributed by atoms with Crippen LogP contribution in [0.4, 0.5) is 19.1 Å². The third-order valence-corrected chi connectivity index (χ3v) is 4.11. The highest BCUT2D eigenvalue weighted by atomic mass is 35.5. The van der Waals surface area contributed by atoms with Gasteiger partial charge in [0.15, 0.2) is 5.69 Å². The van der Waals surface area contributed by atoms with E-state index in [2.05, 4.69) is 20.5 Å². The molecule has 1 amide bonds. The fourth-order valence-electron chi connectivity index (χ4n) is 2.19. The number of rotatable bonds is 5. The third kappa shape index (κ3) is 4.77. The Morgan fingerprint density at radius 2 is 1.81 bits per heavy atom. The summed E-state index contributed by atoms with van der Waals surface area (Å²) in [5.74, 6) is -0.633. The number of carbonyl (C=O) groups is 1. The van der Waals surface area contributed by atoms with Gasteiger partial charge in [-0.05, 0) is 18.2 Å². The fraction of sp³-hybridized carbons (Fsp3) is 0.200. The van der Waals surface area contributed by atoms with Gasteiger partial charge in [0.1, 0.15) is 12.9 Å². The van der Waals surface area contributed by atoms with Crippen molar-refractivity contribution in [1.29, 1.82) is 0 Å². The molecule has 1 aromatic carbocycles. The molecule has 0 bridgehead atoms. The highest BCUT2D eigenvalue weighted by Gasteiger charge is 2.33. The first-order valence-electron chi connectivity index (χ1n) is 7.45. The molecule has 2 heterocycles. The number of nitrogens with one attached hydrogen (secondary N) is 1. The molecule has 0 spiro atoms. The molecule has 2 aromatic heterocycles. The number of carbonyl (C=O) groups excluding carboxylic acids is 1. The van der Waals surface area contributed by atoms with Crippen LogP contribution in [0.5, 0.6) is 0 Å². The number of amides is 1. The molecule has 0 radical (unpaired) electrons. The summed E-state index contributed by atoms with van der Waals surface area (Å²) in [6.45, 7) is -0.184. The molecule has 0 aliphatic carbocycles. The first kappa shape index (κ1) is 19.2. The molecule has 0 atom stereocenters. The fourth-order valence-corrected chi connectivity index (χ4v) is 2.70. The summed E-state index contributed by atoms with van der Waals surface area (Å²) in [4.78, 5) is 15.9. The summed E-state index contributed by atoms with van der Waals surface area (Å²) in [6.07, 6.45) is -2.14. The van der Waals surface area contributed by atoms with Gasteiger partial charge in [-0.3, -0.25) is 14.8 Å². The van der Waals surface area contributed by atoms with Crippen molar-refractivity contribution >= 4 is 35.1 Å². The molecule has 3 rings (SSSR count). The van der Waals surface area contributed by atoms with E-state index < -0.39 is 24.3 Å². The first-order chi connectivity index (χ1) is 12.7. The predicted molar refractivity (Wildman–Crippen MR) is 91.4 cm³/mol. The van der Waals surface area contributed by atoms with E-state index >= 15 is 0 Å². The van der Waals surface area contributed by atoms with E-state index in [9.17, 15) is 18.0 Å². The second-order valence-electron chi connectivity index (χ2n) is 5.41. The molecule has 0 saturated heterocycles. The SMILES string of the molecule is O=C(Cn1ccc(C(F)(F)F)n1)Nc1ncn(Cc2c(Cl)cccc2Cl)n1. The van der Waals surface area contributed by atoms with Crippen LogP contribution < -0.4 is 5.32 Å². The van der Waals surface area contributed by atoms with Crippen LogP contribution >= 0.6 is 23.2 Å². The minimum Gasteiger partial charge on any atom is -0.292 e. The lowest BCUT2D eigenvalue weighted by Crippen LogP contribution is -2.20. The lowest BCUT2D eigenvalue weighted by Gasteiger charge is -2.06. The number of aromatic nitrogens is 5. The molecule has 142 valence electrons. The second-order valence-corrected chi connectivity index (χ2v) is 6.22. The molecule has 0 saturated carbocycles. The van der Waals surface area contributed by atoms with Gasteiger partial charge in [0.25, 0.3) is 0 Å². The van der Waals surface area contributed by atoms with Crippen molar-refractivity contribution in [3.8, 4) is 0 Å². The van der Waals surface area contributed by atoms with Crippen LogP contribution in [0.15, 0.2) is 36.8 Å². The zero-order chi connectivity index (χ0) is 19.6. The highest BCUT2D eigenvalue weighted by Crippen LogP contribution is 2.27. The maximum absolute atomic E-state index is 12.5. The van der Waals surface area contributed by atoms with Crippen molar-refractivity contribution in [3.05, 3.63) is 58.1 Å². The average Bonchev–Trinajstić information content (AvgIpc) is 3.20. The highest BCUT2D eigenvalue weighted by molar-refractivity contribution is 6.35. The molecular weight excluding hydrogens is 408 g/mol. The van der Waals surface area contributed by atoms with Gasteiger partial charge < -0.3 is 0 Å². The van der Waals surface area contributed by atoms with E-state index in [1.807, 2.05) is 0 Å². The Balaban J connectivity index is 1.62. The summed E-state index contributed by atoms with van der Waals surface area (Å²) in [5.41, 5.74) is -0.436. The van der Waals surface area contributed by atoms with Crippen molar-refractivity contribution in [2.75, 3.05) is 5.32 Å². The van der Waals surface area contributed by atoms with Gasteiger partial charge in [-0.2, -0.15) is 18.3 Å². The number of alkyl halides is 3. The van der Waals surface area contributed by atoms with Gasteiger partial charge >= 0.3 is 6.18 Å². The third-order valence-electron chi connectivity index (χ3n) is 3.41. The van der Waals surface area contributed by atoms with Gasteiger partial charge in [-0.1, -0.05) is 29.3 Å². The lowest BCUT2D eigenvalue weighted by molar-refractivity contribution is -0.141. The number of nitrogens with zero attached hydrogens (tertiary/aromatic N) is 5. The van der Waals surface area contributed by atoms with Crippen molar-refractivity contribution in [3.63, 3.8) is 0 Å². The lowest BCUT2D eigenvalue weighted by atomic mass is 10.2. The maximum Gasteiger partial charge on any atom is 0.435 e. The second kappa shape index (κ2) is 7.57. The number of halogens is 5. The smallest absolute Gasteiger partial charge is 0.292 e. The number of anilines is 1. The normalized spacial score (nSPS) is 11.6. The van der Waals surface area contributed by atoms with E-state index in [-0.39, 0.29) is 12.5 Å². The van der Waals surface area contributed by atoms with Crippen LogP contribution in [0.1, 0.15) is 11.3 Å². The molecule has 27 heavy (non-hydrogen) atoms. The predicted octanol–water partition coefficient (Wildman–Crippen LogP) is 3.49. The summed E-state index contributed by atoms with van der Waals surface area (Å²) < 4.78 is 39.8. The summed E-state index contributed by atoms with van der Waals surface area (Å²) in [7, 11) is 0. The molecular formula is C15H11Cl2F3N6O. The number of benzene rings is 1. The largest absolute Gasteiger partial charge is 0.435 e. The molecule has 7 nitrogen and oxygen atoms in total. The first-order valence-corrected chi connectivity index (χ1v) is 8.21. The van der Waals surface area contributed by atoms with Gasteiger partial charge in [0, 0.05) is 21.8 Å². The topological polar surface area (TPSA) is 77.6 Å². The van der Waals surface area contributed by atoms with Gasteiger partial charge in [-0.15, -0.1) is 5.10 Å². The molecule has 12 heteroatoms. The Bertz CT molecular complexity index is 948. The number of hydrogen-bond donors (Lipinski definition) is 1. The Morgan fingerprint density at radius 1 is 1.11 bits per heavy atom. The van der Waals surface area contributed by atoms with Crippen LogP contribution in [0, 0.1) is 0 Å². The molecule has 1 N–H and O–H groups in total. The minimum atomic E-state index is -4.57. The quantitative estimate of drug-likeness (QED) is 0.687. The number of hydrogen-bond acceptors (Lipinski definition) is 4. The summed E-state index contributed by atoms with van der Waals surface area (Å²) in [5, 5.41) is 10.7. The van der Waals surface area contributed by atoms with Crippen molar-refractivity contribution in [2.45, 2.75) is 19.3 Å². The van der Waals surface area contributed by atoms with Crippen molar-refractivity contribution in [1.82, 2.24) is 24.5 Å². The van der Waals surface area contributed by atoms with E-state index in [1.165, 1.54) is 11.0 Å². The van der Waals surface area contributed by atoms with Crippen molar-refractivity contribution in [2.24, 2.45) is 0 Å². The molecule has 3 aromatic rings. The van der Waals surface area contributed by atoms with Crippen LogP contribution in [0.25, 0.3) is 0 Å². The average molecular weight is 419 g/mol. The van der Waals surface area contributed by atoms with E-state index in [4.69, 9.17) is 23.2 Å².